The van der Waals surface area contributed by atoms with Gasteiger partial charge in [-0.3, -0.25) is 67.1 Å². The van der Waals surface area contributed by atoms with Crippen molar-refractivity contribution in [1.29, 1.82) is 0 Å². The average molecular weight is 1170 g/mol. The van der Waals surface area contributed by atoms with E-state index in [1.165, 1.54) is 0 Å². The van der Waals surface area contributed by atoms with E-state index in [1.807, 2.05) is 0 Å². The molecule has 0 saturated carbocycles. The summed E-state index contributed by atoms with van der Waals surface area (Å²) < 4.78 is 0. The number of amides is 10. The van der Waals surface area contributed by atoms with Crippen LogP contribution in [0.15, 0.2) is 0 Å². The van der Waals surface area contributed by atoms with Gasteiger partial charge in [-0.25, -0.2) is 9.59 Å². The maximum Gasteiger partial charge on any atom is 0.326 e. The summed E-state index contributed by atoms with van der Waals surface area (Å²) in [4.78, 5) is 204. The molecule has 0 radical (unpaired) electrons. The predicted octanol–water partition coefficient (Wildman–Crippen LogP) is -5.91. The number of rotatable bonds is 41. The Kier molecular flexibility index (Phi) is 30.5. The van der Waals surface area contributed by atoms with Gasteiger partial charge >= 0.3 is 35.8 Å². The number of nitrogens with two attached hydrogens (primary N) is 2. The highest BCUT2D eigenvalue weighted by Gasteiger charge is 2.37. The quantitative estimate of drug-likeness (QED) is 0.0254. The number of unbranched alkanes of at least 4 members (excludes halogenated alkanes) is 3. The van der Waals surface area contributed by atoms with Crippen molar-refractivity contribution >= 4 is 94.9 Å². The van der Waals surface area contributed by atoms with Gasteiger partial charge in [0.1, 0.15) is 60.4 Å². The fourth-order valence-corrected chi connectivity index (χ4v) is 8.38. The molecular weight excluding hydrogens is 1100 g/mol. The van der Waals surface area contributed by atoms with Crippen molar-refractivity contribution in [3.8, 4) is 0 Å². The highest BCUT2D eigenvalue weighted by molar-refractivity contribution is 5.99. The number of hydrogen-bond acceptors (Lipinski definition) is 18. The third-order valence-corrected chi connectivity index (χ3v) is 12.8. The van der Waals surface area contributed by atoms with Gasteiger partial charge in [0.25, 0.3) is 0 Å². The SMILES string of the molecule is NCCCC[C@@H](NC(=O)[C@H](CCCC[C@H](NC(=O)[C@H](CC(=O)O)NC(=O)[C@H](CCC(=O)O)NC(=O)[C@@H]1CCC(=O)N1)C(=O)N[C@H](CCCCN)C(=O)O)NC(=O)[C@H](CC(=O)O)NC(=O)[C@H](CCC(=O)O)NC(=O)[C@@H]1CCC(=O)N1)C(=O)O. The fraction of sp³-hybridized carbons (Fsp3) is 0.667. The number of aliphatic carboxylic acids is 6. The van der Waals surface area contributed by atoms with E-state index >= 15 is 0 Å². The molecule has 34 heteroatoms. The summed E-state index contributed by atoms with van der Waals surface area (Å²) in [5.74, 6) is -19.6. The van der Waals surface area contributed by atoms with Gasteiger partial charge < -0.3 is 95.3 Å². The Morgan fingerprint density at radius 3 is 0.915 bits per heavy atom. The van der Waals surface area contributed by atoms with Crippen LogP contribution in [0.3, 0.4) is 0 Å². The van der Waals surface area contributed by atoms with Crippen molar-refractivity contribution < 1.29 is 107 Å². The van der Waals surface area contributed by atoms with Crippen LogP contribution in [-0.4, -0.2) is 199 Å². The van der Waals surface area contributed by atoms with Crippen LogP contribution in [0.25, 0.3) is 0 Å². The van der Waals surface area contributed by atoms with E-state index < -0.39 is 207 Å². The van der Waals surface area contributed by atoms with Crippen molar-refractivity contribution in [2.75, 3.05) is 13.1 Å². The zero-order valence-electron chi connectivity index (χ0n) is 44.7. The first kappa shape index (κ1) is 69.5. The molecule has 458 valence electrons. The van der Waals surface area contributed by atoms with Gasteiger partial charge in [-0.2, -0.15) is 0 Å². The van der Waals surface area contributed by atoms with Crippen LogP contribution in [0.2, 0.25) is 0 Å². The molecule has 2 aliphatic heterocycles. The molecule has 2 saturated heterocycles. The third kappa shape index (κ3) is 26.1. The van der Waals surface area contributed by atoms with Crippen LogP contribution in [0.4, 0.5) is 0 Å². The number of nitrogens with one attached hydrogen (secondary N) is 10. The van der Waals surface area contributed by atoms with Gasteiger partial charge in [0.15, 0.2) is 0 Å². The molecule has 10 atom stereocenters. The molecule has 0 aromatic rings. The smallest absolute Gasteiger partial charge is 0.326 e. The molecule has 82 heavy (non-hydrogen) atoms. The van der Waals surface area contributed by atoms with Crippen LogP contribution < -0.4 is 64.6 Å². The Balaban J connectivity index is 2.52. The minimum absolute atomic E-state index is 0.0188. The van der Waals surface area contributed by atoms with Crippen molar-refractivity contribution in [3.05, 3.63) is 0 Å². The Morgan fingerprint density at radius 1 is 0.378 bits per heavy atom. The Bertz CT molecular complexity index is 2200. The molecule has 2 heterocycles. The van der Waals surface area contributed by atoms with Gasteiger partial charge in [0, 0.05) is 25.7 Å². The van der Waals surface area contributed by atoms with Crippen LogP contribution in [-0.2, 0) is 76.7 Å². The second kappa shape index (κ2) is 35.9. The van der Waals surface area contributed by atoms with Gasteiger partial charge in [-0.05, 0) is 90.1 Å². The molecule has 34 nitrogen and oxygen atoms in total. The summed E-state index contributed by atoms with van der Waals surface area (Å²) in [7, 11) is 0. The van der Waals surface area contributed by atoms with Gasteiger partial charge in [0.2, 0.25) is 59.1 Å². The van der Waals surface area contributed by atoms with Gasteiger partial charge in [-0.15, -0.1) is 0 Å². The molecular formula is C48H74N12O22. The third-order valence-electron chi connectivity index (χ3n) is 12.8. The van der Waals surface area contributed by atoms with E-state index in [2.05, 4.69) is 53.2 Å². The maximum absolute atomic E-state index is 14.0. The number of carboxylic acids is 6. The molecule has 0 aliphatic carbocycles. The first-order chi connectivity index (χ1) is 38.6. The van der Waals surface area contributed by atoms with E-state index in [0.29, 0.717) is 12.8 Å². The summed E-state index contributed by atoms with van der Waals surface area (Å²) >= 11 is 0. The van der Waals surface area contributed by atoms with Crippen molar-refractivity contribution in [2.45, 2.75) is 189 Å². The molecule has 2 fully saturated rings. The molecule has 0 aromatic heterocycles. The molecule has 2 aliphatic rings. The molecule has 2 rings (SSSR count). The first-order valence-corrected chi connectivity index (χ1v) is 26.4. The van der Waals surface area contributed by atoms with E-state index in [9.17, 15) is 107 Å². The minimum atomic E-state index is -2.07. The standard InChI is InChI=1S/C48H74N12O22/c49-19-5-3-9-29(47(79)80)57-39(71)23(53-45(77)31(21-37(67)68)59-43(75)27(13-17-35(63)64)55-41(73)25-11-15-33(61)51-25)7-1-2-8-24(40(72)58-30(48(81)82)10-4-6-20-50)54-46(78)32(22-38(69)70)60-44(76)28(14-18-36(65)66)56-42(74)26-12-16-34(62)52-26/h23-32H,1-22,49-50H2,(H,51,61)(H,52,62)(H,53,77)(H,54,78)(H,55,73)(H,56,74)(H,57,71)(H,58,72)(H,59,75)(H,60,76)(H,63,64)(H,65,66)(H,67,68)(H,69,70)(H,79,80)(H,81,82)/t23-,24-,25-,26-,27-,28-,29+,30+,31-,32-/m0/s1. The van der Waals surface area contributed by atoms with Crippen molar-refractivity contribution in [2.24, 2.45) is 11.5 Å². The maximum atomic E-state index is 14.0. The Labute approximate surface area is 467 Å². The molecule has 0 bridgehead atoms. The average Bonchev–Trinajstić information content (AvgIpc) is 4.12. The number of carbonyl (C=O) groups is 16. The molecule has 0 spiro atoms. The lowest BCUT2D eigenvalue weighted by molar-refractivity contribution is -0.143. The van der Waals surface area contributed by atoms with Crippen LogP contribution >= 0.6 is 0 Å². The predicted molar refractivity (Wildman–Crippen MR) is 276 cm³/mol. The monoisotopic (exact) mass is 1170 g/mol. The Hall–Kier alpha value is -8.56. The van der Waals surface area contributed by atoms with E-state index in [1.54, 1.807) is 0 Å². The number of hydrogen-bond donors (Lipinski definition) is 18. The lowest BCUT2D eigenvalue weighted by Crippen LogP contribution is -2.59. The lowest BCUT2D eigenvalue weighted by atomic mass is 10.0. The second-order valence-corrected chi connectivity index (χ2v) is 19.4. The number of carbonyl (C=O) groups excluding carboxylic acids is 10. The summed E-state index contributed by atoms with van der Waals surface area (Å²) in [6, 6.07) is -16.5. The zero-order chi connectivity index (χ0) is 61.6. The summed E-state index contributed by atoms with van der Waals surface area (Å²) in [6.45, 7) is 0.316. The lowest BCUT2D eigenvalue weighted by Gasteiger charge is -2.27. The van der Waals surface area contributed by atoms with Crippen molar-refractivity contribution in [3.63, 3.8) is 0 Å². The largest absolute Gasteiger partial charge is 0.481 e. The van der Waals surface area contributed by atoms with E-state index in [4.69, 9.17) is 11.5 Å². The normalized spacial score (nSPS) is 17.4. The number of carboxylic acid groups (broad SMARTS) is 6. The van der Waals surface area contributed by atoms with Crippen LogP contribution in [0.1, 0.15) is 128 Å². The van der Waals surface area contributed by atoms with E-state index in [0.717, 1.165) is 0 Å². The molecule has 10 amide bonds. The highest BCUT2D eigenvalue weighted by atomic mass is 16.4. The summed E-state index contributed by atoms with van der Waals surface area (Å²) in [5, 5.41) is 80.6. The van der Waals surface area contributed by atoms with Crippen LogP contribution in [0, 0.1) is 0 Å². The van der Waals surface area contributed by atoms with Crippen molar-refractivity contribution in [1.82, 2.24) is 53.2 Å². The summed E-state index contributed by atoms with van der Waals surface area (Å²) in [5.41, 5.74) is 11.1. The Morgan fingerprint density at radius 2 is 0.646 bits per heavy atom. The second-order valence-electron chi connectivity index (χ2n) is 19.4. The fourth-order valence-electron chi connectivity index (χ4n) is 8.38. The highest BCUT2D eigenvalue weighted by Crippen LogP contribution is 2.14. The van der Waals surface area contributed by atoms with E-state index in [-0.39, 0.29) is 77.3 Å². The van der Waals surface area contributed by atoms with Gasteiger partial charge in [0.05, 0.1) is 12.8 Å². The first-order valence-electron chi connectivity index (χ1n) is 26.4. The molecule has 0 unspecified atom stereocenters. The summed E-state index contributed by atoms with van der Waals surface area (Å²) in [6.07, 6.45) is -5.75. The van der Waals surface area contributed by atoms with Crippen LogP contribution in [0.5, 0.6) is 0 Å². The topological polar surface area (TPSA) is 567 Å². The zero-order valence-corrected chi connectivity index (χ0v) is 44.7. The van der Waals surface area contributed by atoms with Gasteiger partial charge in [-0.1, -0.05) is 12.8 Å². The minimum Gasteiger partial charge on any atom is -0.481 e. The molecule has 20 N–H and O–H groups in total. The molecule has 0 aromatic carbocycles.